The van der Waals surface area contributed by atoms with Crippen LogP contribution < -0.4 is 10.6 Å². The first kappa shape index (κ1) is 28.4. The fourth-order valence-electron chi connectivity index (χ4n) is 3.17. The second-order valence-corrected chi connectivity index (χ2v) is 7.82. The molecule has 1 aromatic carbocycles. The molecule has 2 amide bonds. The molecule has 0 aliphatic heterocycles. The van der Waals surface area contributed by atoms with Crippen LogP contribution in [0.1, 0.15) is 26.3 Å². The van der Waals surface area contributed by atoms with Crippen molar-refractivity contribution in [1.82, 2.24) is 10.6 Å². The number of alkyl carbamates (subject to hydrolysis) is 1. The van der Waals surface area contributed by atoms with Crippen molar-refractivity contribution < 1.29 is 42.9 Å². The van der Waals surface area contributed by atoms with Crippen LogP contribution in [0, 0.1) is 17.8 Å². The Balaban J connectivity index is 3.00. The minimum atomic E-state index is -1.50. The van der Waals surface area contributed by atoms with E-state index in [9.17, 15) is 24.0 Å². The molecular weight excluding hydrogens is 448 g/mol. The Morgan fingerprint density at radius 1 is 0.765 bits per heavy atom. The molecule has 0 heterocycles. The van der Waals surface area contributed by atoms with Crippen molar-refractivity contribution in [2.75, 3.05) is 21.3 Å². The van der Waals surface area contributed by atoms with Crippen molar-refractivity contribution in [2.45, 2.75) is 39.5 Å². The van der Waals surface area contributed by atoms with Crippen LogP contribution in [-0.4, -0.2) is 63.3 Å². The van der Waals surface area contributed by atoms with Gasteiger partial charge in [-0.25, -0.2) is 9.59 Å². The predicted octanol–water partition coefficient (Wildman–Crippen LogP) is 1.19. The molecule has 0 spiro atoms. The van der Waals surface area contributed by atoms with Crippen molar-refractivity contribution in [3.8, 4) is 0 Å². The maximum Gasteiger partial charge on any atom is 0.408 e. The average molecular weight is 481 g/mol. The number of hydrogen-bond acceptors (Lipinski definition) is 9. The second kappa shape index (κ2) is 13.8. The summed E-state index contributed by atoms with van der Waals surface area (Å²) in [6.07, 6.45) is -0.831. The van der Waals surface area contributed by atoms with E-state index in [2.05, 4.69) is 20.1 Å². The Morgan fingerprint density at radius 2 is 1.29 bits per heavy atom. The molecule has 34 heavy (non-hydrogen) atoms. The average Bonchev–Trinajstić information content (AvgIpc) is 2.83. The monoisotopic (exact) mass is 480 g/mol. The molecule has 0 bridgehead atoms. The van der Waals surface area contributed by atoms with Gasteiger partial charge in [0.05, 0.1) is 21.3 Å². The number of esters is 3. The van der Waals surface area contributed by atoms with E-state index < -0.39 is 59.7 Å². The van der Waals surface area contributed by atoms with Gasteiger partial charge in [0.2, 0.25) is 5.91 Å². The maximum atomic E-state index is 13.0. The van der Waals surface area contributed by atoms with Gasteiger partial charge in [-0.3, -0.25) is 14.4 Å². The van der Waals surface area contributed by atoms with E-state index in [0.717, 1.165) is 26.9 Å². The molecule has 188 valence electrons. The Morgan fingerprint density at radius 3 is 1.76 bits per heavy atom. The normalized spacial score (nSPS) is 13.3. The lowest BCUT2D eigenvalue weighted by Gasteiger charge is -2.29. The van der Waals surface area contributed by atoms with Crippen LogP contribution in [-0.2, 0) is 44.7 Å². The molecule has 0 saturated carbocycles. The first-order valence-corrected chi connectivity index (χ1v) is 10.6. The zero-order chi connectivity index (χ0) is 25.8. The maximum absolute atomic E-state index is 13.0. The number of nitrogens with one attached hydrogen (secondary N) is 2. The molecule has 0 aliphatic carbocycles. The minimum absolute atomic E-state index is 0.000859. The Bertz CT molecular complexity index is 841. The molecule has 1 rings (SSSR count). The molecule has 0 unspecified atom stereocenters. The van der Waals surface area contributed by atoms with Gasteiger partial charge in [0, 0.05) is 5.92 Å². The van der Waals surface area contributed by atoms with Gasteiger partial charge in [0.25, 0.3) is 0 Å². The smallest absolute Gasteiger partial charge is 0.408 e. The largest absolute Gasteiger partial charge is 0.468 e. The van der Waals surface area contributed by atoms with Crippen LogP contribution >= 0.6 is 0 Å². The van der Waals surface area contributed by atoms with Crippen LogP contribution in [0.5, 0.6) is 0 Å². The topological polar surface area (TPSA) is 146 Å². The molecule has 0 fully saturated rings. The first-order chi connectivity index (χ1) is 16.1. The summed E-state index contributed by atoms with van der Waals surface area (Å²) in [6, 6.07) is 6.48. The van der Waals surface area contributed by atoms with Crippen LogP contribution in [0.25, 0.3) is 0 Å². The van der Waals surface area contributed by atoms with Gasteiger partial charge < -0.3 is 29.6 Å². The summed E-state index contributed by atoms with van der Waals surface area (Å²) in [6.45, 7) is 4.77. The summed E-state index contributed by atoms with van der Waals surface area (Å²) in [4.78, 5) is 62.1. The van der Waals surface area contributed by atoms with Crippen LogP contribution in [0.3, 0.4) is 0 Å². The minimum Gasteiger partial charge on any atom is -0.468 e. The van der Waals surface area contributed by atoms with E-state index in [1.54, 1.807) is 38.1 Å². The summed E-state index contributed by atoms with van der Waals surface area (Å²) in [5, 5.41) is 4.94. The van der Waals surface area contributed by atoms with Crippen LogP contribution in [0.4, 0.5) is 4.79 Å². The zero-order valence-corrected chi connectivity index (χ0v) is 20.2. The number of carbonyl (C=O) groups is 5. The van der Waals surface area contributed by atoms with Gasteiger partial charge in [-0.2, -0.15) is 0 Å². The Labute approximate surface area is 198 Å². The lowest BCUT2D eigenvalue weighted by molar-refractivity contribution is -0.163. The molecule has 1 aromatic rings. The lowest BCUT2D eigenvalue weighted by Crippen LogP contribution is -2.57. The van der Waals surface area contributed by atoms with Gasteiger partial charge >= 0.3 is 24.0 Å². The number of rotatable bonds is 11. The molecule has 0 radical (unpaired) electrons. The summed E-state index contributed by atoms with van der Waals surface area (Å²) in [7, 11) is 3.26. The lowest BCUT2D eigenvalue weighted by atomic mass is 9.86. The molecular formula is C23H32N2O9. The zero-order valence-electron chi connectivity index (χ0n) is 20.2. The number of benzene rings is 1. The molecule has 3 atom stereocenters. The SMILES string of the molecule is COC(=O)C(C(=O)OC)[C@H](C)[C@@H](NC(=O)[C@@H](NC(=O)OCc1ccccc1)C(C)C)C(=O)OC. The van der Waals surface area contributed by atoms with Crippen molar-refractivity contribution in [3.63, 3.8) is 0 Å². The van der Waals surface area contributed by atoms with Crippen LogP contribution in [0.2, 0.25) is 0 Å². The summed E-state index contributed by atoms with van der Waals surface area (Å²) in [5.41, 5.74) is 0.763. The van der Waals surface area contributed by atoms with E-state index in [-0.39, 0.29) is 6.61 Å². The second-order valence-electron chi connectivity index (χ2n) is 7.82. The third kappa shape index (κ3) is 8.05. The standard InChI is InChI=1S/C23H32N2O9/c1-13(2)17(25-23(30)34-12-15-10-8-7-9-11-15)19(26)24-18(22(29)33-6)14(3)16(20(27)31-4)21(28)32-5/h7-11,13-14,16-18H,12H2,1-6H3,(H,24,26)(H,25,30)/t14-,17-,18+/m0/s1. The molecule has 2 N–H and O–H groups in total. The van der Waals surface area contributed by atoms with Gasteiger partial charge in [0.1, 0.15) is 18.7 Å². The van der Waals surface area contributed by atoms with E-state index in [0.29, 0.717) is 0 Å². The fraction of sp³-hybridized carbons (Fsp3) is 0.522. The van der Waals surface area contributed by atoms with E-state index in [1.807, 2.05) is 6.07 Å². The quantitative estimate of drug-likeness (QED) is 0.271. The number of amides is 2. The summed E-state index contributed by atoms with van der Waals surface area (Å²) >= 11 is 0. The van der Waals surface area contributed by atoms with Crippen LogP contribution in [0.15, 0.2) is 30.3 Å². The van der Waals surface area contributed by atoms with E-state index >= 15 is 0 Å². The highest BCUT2D eigenvalue weighted by Crippen LogP contribution is 2.21. The third-order valence-corrected chi connectivity index (χ3v) is 5.15. The van der Waals surface area contributed by atoms with Gasteiger partial charge in [-0.15, -0.1) is 0 Å². The molecule has 0 saturated heterocycles. The fourth-order valence-corrected chi connectivity index (χ4v) is 3.17. The Hall–Kier alpha value is -3.63. The number of methoxy groups -OCH3 is 3. The van der Waals surface area contributed by atoms with Gasteiger partial charge in [-0.05, 0) is 11.5 Å². The van der Waals surface area contributed by atoms with Crippen molar-refractivity contribution in [1.29, 1.82) is 0 Å². The summed E-state index contributed by atoms with van der Waals surface area (Å²) < 4.78 is 19.2. The number of ether oxygens (including phenoxy) is 4. The highest BCUT2D eigenvalue weighted by molar-refractivity contribution is 5.97. The van der Waals surface area contributed by atoms with Gasteiger partial charge in [0.15, 0.2) is 5.92 Å². The first-order valence-electron chi connectivity index (χ1n) is 10.6. The predicted molar refractivity (Wildman–Crippen MR) is 119 cm³/mol. The molecule has 11 heteroatoms. The summed E-state index contributed by atoms with van der Waals surface area (Å²) in [5.74, 6) is -6.49. The van der Waals surface area contributed by atoms with Crippen molar-refractivity contribution in [3.05, 3.63) is 35.9 Å². The number of hydrogen-bond donors (Lipinski definition) is 2. The number of carbonyl (C=O) groups excluding carboxylic acids is 5. The van der Waals surface area contributed by atoms with Crippen molar-refractivity contribution >= 4 is 29.9 Å². The Kier molecular flexibility index (Phi) is 11.5. The highest BCUT2D eigenvalue weighted by Gasteiger charge is 2.43. The van der Waals surface area contributed by atoms with E-state index in [1.165, 1.54) is 6.92 Å². The van der Waals surface area contributed by atoms with Crippen molar-refractivity contribution in [2.24, 2.45) is 17.8 Å². The molecule has 11 nitrogen and oxygen atoms in total. The molecule has 0 aromatic heterocycles. The molecule has 0 aliphatic rings. The van der Waals surface area contributed by atoms with E-state index in [4.69, 9.17) is 9.47 Å². The van der Waals surface area contributed by atoms with Gasteiger partial charge in [-0.1, -0.05) is 51.1 Å². The highest BCUT2D eigenvalue weighted by atomic mass is 16.6. The third-order valence-electron chi connectivity index (χ3n) is 5.15.